The van der Waals surface area contributed by atoms with Gasteiger partial charge in [-0.25, -0.2) is 9.97 Å². The molecule has 0 unspecified atom stereocenters. The Labute approximate surface area is 184 Å². The number of nitrogens with zero attached hydrogens (tertiary/aromatic N) is 5. The lowest BCUT2D eigenvalue weighted by Gasteiger charge is -2.41. The molecule has 166 valence electrons. The first-order valence-corrected chi connectivity index (χ1v) is 11.2. The van der Waals surface area contributed by atoms with Crippen LogP contribution >= 0.6 is 0 Å². The van der Waals surface area contributed by atoms with Crippen molar-refractivity contribution in [3.8, 4) is 0 Å². The minimum absolute atomic E-state index is 0.0591. The van der Waals surface area contributed by atoms with E-state index in [1.54, 1.807) is 18.3 Å². The maximum atomic E-state index is 13.0. The number of rotatable bonds is 6. The molecule has 0 aliphatic carbocycles. The third-order valence-corrected chi connectivity index (χ3v) is 6.35. The van der Waals surface area contributed by atoms with Gasteiger partial charge in [-0.15, -0.1) is 0 Å². The van der Waals surface area contributed by atoms with Crippen LogP contribution in [0.5, 0.6) is 0 Å². The highest BCUT2D eigenvalue weighted by atomic mass is 16.3. The number of anilines is 1. The molecule has 2 aromatic rings. The highest BCUT2D eigenvalue weighted by Crippen LogP contribution is 2.26. The van der Waals surface area contributed by atoms with Crippen LogP contribution in [0.3, 0.4) is 0 Å². The second-order valence-electron chi connectivity index (χ2n) is 9.11. The topological polar surface area (TPSA) is 72.8 Å². The number of aryl methyl sites for hydroxylation is 1. The van der Waals surface area contributed by atoms with Crippen LogP contribution in [-0.2, 0) is 6.54 Å². The smallest absolute Gasteiger partial charge is 0.253 e. The van der Waals surface area contributed by atoms with Gasteiger partial charge >= 0.3 is 0 Å². The minimum atomic E-state index is -0.961. The summed E-state index contributed by atoms with van der Waals surface area (Å²) in [5.41, 5.74) is 1.84. The van der Waals surface area contributed by atoms with E-state index in [1.165, 1.54) is 18.4 Å². The van der Waals surface area contributed by atoms with Crippen molar-refractivity contribution in [2.75, 3.05) is 44.7 Å². The van der Waals surface area contributed by atoms with Crippen LogP contribution in [0.2, 0.25) is 0 Å². The quantitative estimate of drug-likeness (QED) is 0.770. The van der Waals surface area contributed by atoms with E-state index >= 15 is 0 Å². The Hall–Kier alpha value is -2.51. The van der Waals surface area contributed by atoms with Gasteiger partial charge in [0.05, 0.1) is 12.1 Å². The zero-order chi connectivity index (χ0) is 21.8. The van der Waals surface area contributed by atoms with Gasteiger partial charge < -0.3 is 14.9 Å². The largest absolute Gasteiger partial charge is 0.386 e. The summed E-state index contributed by atoms with van der Waals surface area (Å²) < 4.78 is 0. The zero-order valence-electron chi connectivity index (χ0n) is 18.6. The number of β-amino-alcohol motifs (C(OH)–C–C–N with tert-alkyl or cyclic N) is 1. The van der Waals surface area contributed by atoms with Crippen molar-refractivity contribution in [3.05, 3.63) is 53.5 Å². The highest BCUT2D eigenvalue weighted by Gasteiger charge is 2.36. The van der Waals surface area contributed by atoms with Crippen LogP contribution in [0, 0.1) is 6.92 Å². The molecule has 2 aliphatic rings. The molecule has 31 heavy (non-hydrogen) atoms. The number of hydrogen-bond acceptors (Lipinski definition) is 6. The average molecular weight is 424 g/mol. The maximum absolute atomic E-state index is 13.0. The van der Waals surface area contributed by atoms with Gasteiger partial charge in [-0.1, -0.05) is 12.1 Å². The highest BCUT2D eigenvalue weighted by molar-refractivity contribution is 5.94. The normalized spacial score (nSPS) is 22.0. The summed E-state index contributed by atoms with van der Waals surface area (Å²) >= 11 is 0. The summed E-state index contributed by atoms with van der Waals surface area (Å²) in [5, 5.41) is 11.3. The van der Waals surface area contributed by atoms with E-state index in [0.29, 0.717) is 25.1 Å². The molecule has 1 aromatic carbocycles. The summed E-state index contributed by atoms with van der Waals surface area (Å²) in [7, 11) is 1.77. The van der Waals surface area contributed by atoms with Gasteiger partial charge in [-0.3, -0.25) is 9.69 Å². The summed E-state index contributed by atoms with van der Waals surface area (Å²) in [5.74, 6) is 0.768. The van der Waals surface area contributed by atoms with Gasteiger partial charge in [0.1, 0.15) is 12.1 Å². The Kier molecular flexibility index (Phi) is 6.53. The molecule has 3 heterocycles. The van der Waals surface area contributed by atoms with E-state index in [0.717, 1.165) is 44.1 Å². The first-order valence-electron chi connectivity index (χ1n) is 11.2. The fraction of sp³-hybridized carbons (Fsp3) is 0.542. The molecule has 1 N–H and O–H groups in total. The number of carbonyl (C=O) groups is 1. The van der Waals surface area contributed by atoms with Gasteiger partial charge in [-0.2, -0.15) is 0 Å². The summed E-state index contributed by atoms with van der Waals surface area (Å²) in [4.78, 5) is 27.7. The number of likely N-dealkylation sites (N-methyl/N-ethyl adjacent to an activating group) is 1. The van der Waals surface area contributed by atoms with Gasteiger partial charge in [0, 0.05) is 44.0 Å². The Morgan fingerprint density at radius 2 is 1.87 bits per heavy atom. The second kappa shape index (κ2) is 9.32. The summed E-state index contributed by atoms with van der Waals surface area (Å²) in [6, 6.07) is 9.85. The van der Waals surface area contributed by atoms with Crippen molar-refractivity contribution in [2.24, 2.45) is 0 Å². The molecule has 1 atom stereocenters. The van der Waals surface area contributed by atoms with Gasteiger partial charge in [0.25, 0.3) is 5.91 Å². The van der Waals surface area contributed by atoms with Gasteiger partial charge in [0.2, 0.25) is 0 Å². The van der Waals surface area contributed by atoms with Crippen LogP contribution in [0.4, 0.5) is 5.82 Å². The standard InChI is InChI=1S/C24H33N5O2/c1-19-14-22(26-18-25-19)29-13-5-10-24(31,17-29)16-27(2)23(30)21-8-6-20(7-9-21)15-28-11-3-4-12-28/h6-9,14,18,31H,3-5,10-13,15-17H2,1-2H3/t24-/m0/s1. The predicted octanol–water partition coefficient (Wildman–Crippen LogP) is 2.48. The lowest BCUT2D eigenvalue weighted by atomic mass is 9.92. The van der Waals surface area contributed by atoms with Crippen LogP contribution in [-0.4, -0.2) is 76.2 Å². The molecule has 4 rings (SSSR count). The Balaban J connectivity index is 1.37. The Bertz CT molecular complexity index is 897. The number of amides is 1. The van der Waals surface area contributed by atoms with Crippen LogP contribution in [0.25, 0.3) is 0 Å². The van der Waals surface area contributed by atoms with E-state index in [4.69, 9.17) is 0 Å². The van der Waals surface area contributed by atoms with E-state index in [-0.39, 0.29) is 5.91 Å². The number of piperidine rings is 1. The molecular weight excluding hydrogens is 390 g/mol. The number of aliphatic hydroxyl groups is 1. The van der Waals surface area contributed by atoms with Crippen LogP contribution < -0.4 is 4.90 Å². The van der Waals surface area contributed by atoms with Crippen molar-refractivity contribution in [1.29, 1.82) is 0 Å². The molecule has 1 amide bonds. The lowest BCUT2D eigenvalue weighted by Crippen LogP contribution is -2.54. The molecule has 7 nitrogen and oxygen atoms in total. The number of aromatic nitrogens is 2. The third kappa shape index (κ3) is 5.40. The number of benzene rings is 1. The van der Waals surface area contributed by atoms with Crippen molar-refractivity contribution in [3.63, 3.8) is 0 Å². The van der Waals surface area contributed by atoms with E-state index in [9.17, 15) is 9.90 Å². The Morgan fingerprint density at radius 3 is 2.58 bits per heavy atom. The molecule has 0 radical (unpaired) electrons. The number of hydrogen-bond donors (Lipinski definition) is 1. The minimum Gasteiger partial charge on any atom is -0.386 e. The fourth-order valence-electron chi connectivity index (χ4n) is 4.74. The molecule has 1 aromatic heterocycles. The maximum Gasteiger partial charge on any atom is 0.253 e. The van der Waals surface area contributed by atoms with Crippen molar-refractivity contribution in [1.82, 2.24) is 19.8 Å². The Morgan fingerprint density at radius 1 is 1.13 bits per heavy atom. The van der Waals surface area contributed by atoms with Crippen LogP contribution in [0.15, 0.2) is 36.7 Å². The van der Waals surface area contributed by atoms with E-state index in [2.05, 4.69) is 19.8 Å². The lowest BCUT2D eigenvalue weighted by molar-refractivity contribution is -0.000141. The summed E-state index contributed by atoms with van der Waals surface area (Å²) in [6.45, 7) is 6.79. The molecular formula is C24H33N5O2. The number of carbonyl (C=O) groups excluding carboxylic acids is 1. The van der Waals surface area contributed by atoms with Crippen molar-refractivity contribution < 1.29 is 9.90 Å². The molecule has 0 bridgehead atoms. The molecule has 0 saturated carbocycles. The third-order valence-electron chi connectivity index (χ3n) is 6.35. The van der Waals surface area contributed by atoms with Crippen molar-refractivity contribution in [2.45, 2.75) is 44.8 Å². The van der Waals surface area contributed by atoms with Gasteiger partial charge in [0.15, 0.2) is 0 Å². The second-order valence-corrected chi connectivity index (χ2v) is 9.11. The van der Waals surface area contributed by atoms with Crippen molar-refractivity contribution >= 4 is 11.7 Å². The average Bonchev–Trinajstić information content (AvgIpc) is 3.26. The first-order chi connectivity index (χ1) is 14.9. The molecule has 0 spiro atoms. The molecule has 2 saturated heterocycles. The van der Waals surface area contributed by atoms with E-state index < -0.39 is 5.60 Å². The van der Waals surface area contributed by atoms with E-state index in [1.807, 2.05) is 37.3 Å². The number of likely N-dealkylation sites (tertiary alicyclic amines) is 1. The van der Waals surface area contributed by atoms with Gasteiger partial charge in [-0.05, 0) is 63.4 Å². The first kappa shape index (κ1) is 21.7. The molecule has 7 heteroatoms. The van der Waals surface area contributed by atoms with Crippen LogP contribution in [0.1, 0.15) is 47.3 Å². The zero-order valence-corrected chi connectivity index (χ0v) is 18.6. The predicted molar refractivity (Wildman–Crippen MR) is 121 cm³/mol. The summed E-state index contributed by atoms with van der Waals surface area (Å²) in [6.07, 6.45) is 5.63. The SMILES string of the molecule is Cc1cc(N2CCC[C@](O)(CN(C)C(=O)c3ccc(CN4CCCC4)cc3)C2)ncn1. The molecule has 2 aliphatic heterocycles. The molecule has 2 fully saturated rings. The fourth-order valence-corrected chi connectivity index (χ4v) is 4.74. The monoisotopic (exact) mass is 423 g/mol.